The Labute approximate surface area is 147 Å². The van der Waals surface area contributed by atoms with Crippen molar-refractivity contribution in [2.75, 3.05) is 0 Å². The first-order valence-corrected chi connectivity index (χ1v) is 9.92. The number of phenolic OH excluding ortho intramolecular Hbond substituents is 2. The lowest BCUT2D eigenvalue weighted by molar-refractivity contribution is 0.185. The molecule has 0 saturated heterocycles. The fourth-order valence-corrected chi connectivity index (χ4v) is 5.17. The first-order valence-electron chi connectivity index (χ1n) is 9.92. The lowest BCUT2D eigenvalue weighted by Gasteiger charge is -2.37. The third-order valence-electron chi connectivity index (χ3n) is 6.82. The highest BCUT2D eigenvalue weighted by molar-refractivity contribution is 5.50. The number of phenols is 2. The number of fused-ring (bicyclic) bond motifs is 1. The Balaban J connectivity index is 1.89. The van der Waals surface area contributed by atoms with Gasteiger partial charge in [-0.15, -0.1) is 0 Å². The van der Waals surface area contributed by atoms with E-state index in [0.717, 1.165) is 24.0 Å². The molecule has 1 aromatic rings. The zero-order valence-corrected chi connectivity index (χ0v) is 15.8. The molecule has 0 aliphatic heterocycles. The summed E-state index contributed by atoms with van der Waals surface area (Å²) in [5.74, 6) is 2.74. The number of benzene rings is 1. The van der Waals surface area contributed by atoms with E-state index in [-0.39, 0.29) is 0 Å². The van der Waals surface area contributed by atoms with Crippen LogP contribution in [0.4, 0.5) is 0 Å². The van der Waals surface area contributed by atoms with Crippen molar-refractivity contribution in [3.05, 3.63) is 23.3 Å². The Morgan fingerprint density at radius 3 is 2.42 bits per heavy atom. The number of hydrogen-bond donors (Lipinski definition) is 2. The Hall–Kier alpha value is -1.18. The number of aryl methyl sites for hydroxylation is 1. The van der Waals surface area contributed by atoms with Crippen molar-refractivity contribution in [2.45, 2.75) is 78.6 Å². The van der Waals surface area contributed by atoms with Gasteiger partial charge in [-0.3, -0.25) is 0 Å². The van der Waals surface area contributed by atoms with Crippen LogP contribution in [0, 0.1) is 23.2 Å². The zero-order valence-electron chi connectivity index (χ0n) is 15.8. The molecule has 0 heterocycles. The van der Waals surface area contributed by atoms with Crippen LogP contribution in [0.5, 0.6) is 11.5 Å². The quantitative estimate of drug-likeness (QED) is 0.627. The average Bonchev–Trinajstić information content (AvgIpc) is 3.19. The summed E-state index contributed by atoms with van der Waals surface area (Å²) in [7, 11) is 0. The van der Waals surface area contributed by atoms with Crippen molar-refractivity contribution in [1.29, 1.82) is 0 Å². The van der Waals surface area contributed by atoms with E-state index in [1.165, 1.54) is 32.1 Å². The van der Waals surface area contributed by atoms with Gasteiger partial charge in [-0.25, -0.2) is 0 Å². The first kappa shape index (κ1) is 17.6. The molecule has 0 amide bonds. The van der Waals surface area contributed by atoms with Crippen LogP contribution in [0.25, 0.3) is 0 Å². The molecule has 0 radical (unpaired) electrons. The predicted molar refractivity (Wildman–Crippen MR) is 99.5 cm³/mol. The smallest absolute Gasteiger partial charge is 0.123 e. The van der Waals surface area contributed by atoms with Crippen molar-refractivity contribution >= 4 is 0 Å². The summed E-state index contributed by atoms with van der Waals surface area (Å²) in [5, 5.41) is 21.5. The van der Waals surface area contributed by atoms with Gasteiger partial charge < -0.3 is 10.2 Å². The van der Waals surface area contributed by atoms with E-state index >= 15 is 0 Å². The minimum atomic E-state index is 0.313. The summed E-state index contributed by atoms with van der Waals surface area (Å²) < 4.78 is 0. The van der Waals surface area contributed by atoms with Crippen molar-refractivity contribution in [1.82, 2.24) is 0 Å². The molecule has 2 N–H and O–H groups in total. The van der Waals surface area contributed by atoms with Gasteiger partial charge in [0.15, 0.2) is 0 Å². The summed E-state index contributed by atoms with van der Waals surface area (Å²) in [5.41, 5.74) is 2.34. The van der Waals surface area contributed by atoms with Crippen LogP contribution >= 0.6 is 0 Å². The van der Waals surface area contributed by atoms with E-state index in [9.17, 15) is 10.2 Å². The Kier molecular flexibility index (Phi) is 4.86. The molecule has 2 aliphatic carbocycles. The third-order valence-corrected chi connectivity index (χ3v) is 6.82. The molecule has 0 aromatic heterocycles. The van der Waals surface area contributed by atoms with Crippen LogP contribution in [0.15, 0.2) is 12.1 Å². The summed E-state index contributed by atoms with van der Waals surface area (Å²) in [6.07, 6.45) is 8.20. The van der Waals surface area contributed by atoms with Gasteiger partial charge >= 0.3 is 0 Å². The van der Waals surface area contributed by atoms with Crippen LogP contribution in [0.3, 0.4) is 0 Å². The molecule has 2 aliphatic rings. The predicted octanol–water partition coefficient (Wildman–Crippen LogP) is 6.01. The minimum absolute atomic E-state index is 0.313. The normalized spacial score (nSPS) is 32.0. The van der Waals surface area contributed by atoms with E-state index < -0.39 is 0 Å². The van der Waals surface area contributed by atoms with Gasteiger partial charge in [0, 0.05) is 5.56 Å². The Morgan fingerprint density at radius 1 is 1.17 bits per heavy atom. The van der Waals surface area contributed by atoms with E-state index in [4.69, 9.17) is 0 Å². The number of rotatable bonds is 6. The van der Waals surface area contributed by atoms with Crippen molar-refractivity contribution in [2.24, 2.45) is 23.2 Å². The van der Waals surface area contributed by atoms with E-state index in [1.807, 2.05) is 12.1 Å². The van der Waals surface area contributed by atoms with Gasteiger partial charge in [-0.1, -0.05) is 40.5 Å². The molecule has 1 aromatic carbocycles. The standard InChI is InChI=1S/C22H34O2/c1-5-6-7-8-15-11-18(23)21(19(24)12-15)20-16(14(2)3)9-10-22(4)13-17(20)22/h11-12,14,16-17,20,23-24H,5-10,13H2,1-4H3. The van der Waals surface area contributed by atoms with Gasteiger partial charge in [-0.2, -0.15) is 0 Å². The molecule has 4 atom stereocenters. The highest BCUT2D eigenvalue weighted by atomic mass is 16.3. The summed E-state index contributed by atoms with van der Waals surface area (Å²) in [6.45, 7) is 9.15. The van der Waals surface area contributed by atoms with Crippen LogP contribution in [-0.4, -0.2) is 10.2 Å². The third kappa shape index (κ3) is 3.17. The molecule has 0 bridgehead atoms. The van der Waals surface area contributed by atoms with Crippen LogP contribution in [0.2, 0.25) is 0 Å². The fourth-order valence-electron chi connectivity index (χ4n) is 5.17. The highest BCUT2D eigenvalue weighted by Gasteiger charge is 2.59. The van der Waals surface area contributed by atoms with Gasteiger partial charge in [0.05, 0.1) is 0 Å². The molecule has 4 unspecified atom stereocenters. The Morgan fingerprint density at radius 2 is 1.83 bits per heavy atom. The van der Waals surface area contributed by atoms with E-state index in [0.29, 0.717) is 40.6 Å². The van der Waals surface area contributed by atoms with Crippen LogP contribution in [-0.2, 0) is 6.42 Å². The average molecular weight is 331 g/mol. The molecule has 2 fully saturated rings. The second-order valence-electron chi connectivity index (χ2n) is 8.94. The van der Waals surface area contributed by atoms with E-state index in [2.05, 4.69) is 27.7 Å². The molecule has 134 valence electrons. The fraction of sp³-hybridized carbons (Fsp3) is 0.727. The molecular formula is C22H34O2. The summed E-state index contributed by atoms with van der Waals surface area (Å²) in [6, 6.07) is 3.83. The molecular weight excluding hydrogens is 296 g/mol. The molecule has 0 spiro atoms. The molecule has 2 nitrogen and oxygen atoms in total. The number of hydrogen-bond acceptors (Lipinski definition) is 2. The SMILES string of the molecule is CCCCCc1cc(O)c(C2C(C(C)C)CCC3(C)CC23)c(O)c1. The first-order chi connectivity index (χ1) is 11.4. The Bertz CT molecular complexity index is 569. The summed E-state index contributed by atoms with van der Waals surface area (Å²) >= 11 is 0. The maximum absolute atomic E-state index is 10.7. The minimum Gasteiger partial charge on any atom is -0.508 e. The molecule has 24 heavy (non-hydrogen) atoms. The van der Waals surface area contributed by atoms with Crippen molar-refractivity contribution in [3.8, 4) is 11.5 Å². The van der Waals surface area contributed by atoms with Crippen molar-refractivity contribution in [3.63, 3.8) is 0 Å². The maximum Gasteiger partial charge on any atom is 0.123 e. The molecule has 2 heteroatoms. The molecule has 3 rings (SSSR count). The second kappa shape index (κ2) is 6.61. The maximum atomic E-state index is 10.7. The van der Waals surface area contributed by atoms with Crippen LogP contribution < -0.4 is 0 Å². The zero-order chi connectivity index (χ0) is 17.5. The lowest BCUT2D eigenvalue weighted by atomic mass is 9.67. The number of unbranched alkanes of at least 4 members (excludes halogenated alkanes) is 2. The van der Waals surface area contributed by atoms with Gasteiger partial charge in [-0.05, 0) is 78.9 Å². The monoisotopic (exact) mass is 330 g/mol. The van der Waals surface area contributed by atoms with Gasteiger partial charge in [0.25, 0.3) is 0 Å². The second-order valence-corrected chi connectivity index (χ2v) is 8.94. The largest absolute Gasteiger partial charge is 0.508 e. The lowest BCUT2D eigenvalue weighted by Crippen LogP contribution is -2.27. The van der Waals surface area contributed by atoms with Crippen LogP contribution in [0.1, 0.15) is 83.3 Å². The highest BCUT2D eigenvalue weighted by Crippen LogP contribution is 2.69. The topological polar surface area (TPSA) is 40.5 Å². The van der Waals surface area contributed by atoms with Crippen molar-refractivity contribution < 1.29 is 10.2 Å². The van der Waals surface area contributed by atoms with E-state index in [1.54, 1.807) is 0 Å². The van der Waals surface area contributed by atoms with Gasteiger partial charge in [0.1, 0.15) is 11.5 Å². The summed E-state index contributed by atoms with van der Waals surface area (Å²) in [4.78, 5) is 0. The van der Waals surface area contributed by atoms with Gasteiger partial charge in [0.2, 0.25) is 0 Å². The number of aromatic hydroxyl groups is 2. The molecule has 2 saturated carbocycles.